The maximum atomic E-state index is 12.1. The number of amides is 2. The van der Waals surface area contributed by atoms with Gasteiger partial charge in [0.15, 0.2) is 0 Å². The Kier molecular flexibility index (Phi) is 5.32. The zero-order valence-corrected chi connectivity index (χ0v) is 12.3. The highest BCUT2D eigenvalue weighted by atomic mass is 16.3. The minimum Gasteiger partial charge on any atom is -0.467 e. The molecule has 0 fully saturated rings. The SMILES string of the molecule is CC(N)C(=O)NCc1cccc(C(=O)NCc2ccco2)c1. The lowest BCUT2D eigenvalue weighted by Crippen LogP contribution is -2.37. The van der Waals surface area contributed by atoms with Crippen LogP contribution < -0.4 is 16.4 Å². The van der Waals surface area contributed by atoms with Gasteiger partial charge in [0.05, 0.1) is 18.8 Å². The molecule has 0 aliphatic rings. The molecule has 6 nitrogen and oxygen atoms in total. The number of furan rings is 1. The molecule has 0 saturated carbocycles. The fourth-order valence-electron chi connectivity index (χ4n) is 1.86. The molecule has 0 bridgehead atoms. The van der Waals surface area contributed by atoms with E-state index in [1.165, 1.54) is 0 Å². The first-order valence-electron chi connectivity index (χ1n) is 6.99. The van der Waals surface area contributed by atoms with Gasteiger partial charge in [-0.25, -0.2) is 0 Å². The first kappa shape index (κ1) is 15.8. The smallest absolute Gasteiger partial charge is 0.251 e. The lowest BCUT2D eigenvalue weighted by atomic mass is 10.1. The van der Waals surface area contributed by atoms with Gasteiger partial charge in [0.2, 0.25) is 5.91 Å². The third-order valence-electron chi connectivity index (χ3n) is 3.07. The molecule has 4 N–H and O–H groups in total. The van der Waals surface area contributed by atoms with Crippen LogP contribution in [0.3, 0.4) is 0 Å². The van der Waals surface area contributed by atoms with Crippen LogP contribution in [0.15, 0.2) is 47.1 Å². The molecule has 6 heteroatoms. The summed E-state index contributed by atoms with van der Waals surface area (Å²) in [5.41, 5.74) is 6.84. The molecule has 1 aromatic carbocycles. The summed E-state index contributed by atoms with van der Waals surface area (Å²) in [6.07, 6.45) is 1.56. The maximum absolute atomic E-state index is 12.1. The second-order valence-electron chi connectivity index (χ2n) is 4.97. The van der Waals surface area contributed by atoms with E-state index in [0.29, 0.717) is 24.4 Å². The van der Waals surface area contributed by atoms with Crippen molar-refractivity contribution in [3.05, 3.63) is 59.5 Å². The van der Waals surface area contributed by atoms with Gasteiger partial charge in [-0.3, -0.25) is 9.59 Å². The molecule has 0 aliphatic carbocycles. The van der Waals surface area contributed by atoms with Crippen LogP contribution in [0.1, 0.15) is 28.6 Å². The van der Waals surface area contributed by atoms with Gasteiger partial charge in [0, 0.05) is 12.1 Å². The summed E-state index contributed by atoms with van der Waals surface area (Å²) in [5, 5.41) is 5.48. The summed E-state index contributed by atoms with van der Waals surface area (Å²) in [5.74, 6) is 0.262. The lowest BCUT2D eigenvalue weighted by molar-refractivity contribution is -0.122. The molecule has 2 aromatic rings. The topological polar surface area (TPSA) is 97.4 Å². The second-order valence-corrected chi connectivity index (χ2v) is 4.97. The molecule has 0 aliphatic heterocycles. The first-order valence-corrected chi connectivity index (χ1v) is 6.99. The van der Waals surface area contributed by atoms with E-state index < -0.39 is 6.04 Å². The number of carbonyl (C=O) groups is 2. The predicted octanol–water partition coefficient (Wildman–Crippen LogP) is 1.17. The average molecular weight is 301 g/mol. The van der Waals surface area contributed by atoms with Crippen molar-refractivity contribution in [1.29, 1.82) is 0 Å². The Labute approximate surface area is 128 Å². The van der Waals surface area contributed by atoms with E-state index in [2.05, 4.69) is 10.6 Å². The van der Waals surface area contributed by atoms with E-state index >= 15 is 0 Å². The van der Waals surface area contributed by atoms with Crippen LogP contribution in [0.2, 0.25) is 0 Å². The monoisotopic (exact) mass is 301 g/mol. The molecule has 1 atom stereocenters. The Hall–Kier alpha value is -2.60. The van der Waals surface area contributed by atoms with Gasteiger partial charge in [-0.2, -0.15) is 0 Å². The van der Waals surface area contributed by atoms with E-state index in [-0.39, 0.29) is 11.8 Å². The largest absolute Gasteiger partial charge is 0.467 e. The van der Waals surface area contributed by atoms with E-state index in [4.69, 9.17) is 10.2 Å². The molecule has 0 spiro atoms. The number of benzene rings is 1. The van der Waals surface area contributed by atoms with Gasteiger partial charge in [-0.1, -0.05) is 12.1 Å². The number of hydrogen-bond acceptors (Lipinski definition) is 4. The van der Waals surface area contributed by atoms with Crippen molar-refractivity contribution in [2.45, 2.75) is 26.1 Å². The van der Waals surface area contributed by atoms with Gasteiger partial charge in [-0.15, -0.1) is 0 Å². The van der Waals surface area contributed by atoms with Crippen molar-refractivity contribution < 1.29 is 14.0 Å². The first-order chi connectivity index (χ1) is 10.6. The molecule has 0 saturated heterocycles. The van der Waals surface area contributed by atoms with E-state index in [0.717, 1.165) is 5.56 Å². The molecule has 2 rings (SSSR count). The fraction of sp³-hybridized carbons (Fsp3) is 0.250. The van der Waals surface area contributed by atoms with Crippen molar-refractivity contribution in [2.75, 3.05) is 0 Å². The van der Waals surface area contributed by atoms with Crippen molar-refractivity contribution in [1.82, 2.24) is 10.6 Å². The number of carbonyl (C=O) groups excluding carboxylic acids is 2. The summed E-state index contributed by atoms with van der Waals surface area (Å²) in [4.78, 5) is 23.5. The molecular formula is C16H19N3O3. The molecule has 1 heterocycles. The van der Waals surface area contributed by atoms with Crippen LogP contribution in [-0.2, 0) is 17.9 Å². The zero-order valence-electron chi connectivity index (χ0n) is 12.3. The van der Waals surface area contributed by atoms with Crippen LogP contribution >= 0.6 is 0 Å². The van der Waals surface area contributed by atoms with Crippen molar-refractivity contribution in [3.8, 4) is 0 Å². The van der Waals surface area contributed by atoms with Crippen LogP contribution in [0.5, 0.6) is 0 Å². The highest BCUT2D eigenvalue weighted by molar-refractivity contribution is 5.94. The Morgan fingerprint density at radius 1 is 1.18 bits per heavy atom. The summed E-state index contributed by atoms with van der Waals surface area (Å²) < 4.78 is 5.16. The lowest BCUT2D eigenvalue weighted by Gasteiger charge is -2.09. The van der Waals surface area contributed by atoms with E-state index in [1.807, 2.05) is 6.07 Å². The Morgan fingerprint density at radius 2 is 2.00 bits per heavy atom. The van der Waals surface area contributed by atoms with E-state index in [9.17, 15) is 9.59 Å². The maximum Gasteiger partial charge on any atom is 0.251 e. The van der Waals surface area contributed by atoms with Gasteiger partial charge in [-0.05, 0) is 36.8 Å². The Balaban J connectivity index is 1.92. The molecule has 1 unspecified atom stereocenters. The number of nitrogens with two attached hydrogens (primary N) is 1. The van der Waals surface area contributed by atoms with Crippen molar-refractivity contribution in [3.63, 3.8) is 0 Å². The third-order valence-corrected chi connectivity index (χ3v) is 3.07. The highest BCUT2D eigenvalue weighted by Crippen LogP contribution is 2.06. The molecule has 0 radical (unpaired) electrons. The van der Waals surface area contributed by atoms with Crippen LogP contribution in [0, 0.1) is 0 Å². The van der Waals surface area contributed by atoms with Crippen LogP contribution in [0.4, 0.5) is 0 Å². The molecule has 22 heavy (non-hydrogen) atoms. The number of rotatable bonds is 6. The van der Waals surface area contributed by atoms with Crippen LogP contribution in [-0.4, -0.2) is 17.9 Å². The van der Waals surface area contributed by atoms with Gasteiger partial charge >= 0.3 is 0 Å². The highest BCUT2D eigenvalue weighted by Gasteiger charge is 2.09. The standard InChI is InChI=1S/C16H19N3O3/c1-11(17)15(20)18-9-12-4-2-5-13(8-12)16(21)19-10-14-6-3-7-22-14/h2-8,11H,9-10,17H2,1H3,(H,18,20)(H,19,21). The van der Waals surface area contributed by atoms with Gasteiger partial charge < -0.3 is 20.8 Å². The minimum atomic E-state index is -0.556. The zero-order chi connectivity index (χ0) is 15.9. The summed E-state index contributed by atoms with van der Waals surface area (Å²) in [6.45, 7) is 2.28. The molecule has 1 aromatic heterocycles. The summed E-state index contributed by atoms with van der Waals surface area (Å²) in [7, 11) is 0. The molecule has 2 amide bonds. The van der Waals surface area contributed by atoms with Crippen molar-refractivity contribution in [2.24, 2.45) is 5.73 Å². The molecule has 116 valence electrons. The fourth-order valence-corrected chi connectivity index (χ4v) is 1.86. The second kappa shape index (κ2) is 7.42. The Bertz CT molecular complexity index is 636. The summed E-state index contributed by atoms with van der Waals surface area (Å²) in [6, 6.07) is 10.1. The minimum absolute atomic E-state index is 0.197. The Morgan fingerprint density at radius 3 is 2.68 bits per heavy atom. The predicted molar refractivity (Wildman–Crippen MR) is 81.8 cm³/mol. The van der Waals surface area contributed by atoms with Gasteiger partial charge in [0.25, 0.3) is 5.91 Å². The van der Waals surface area contributed by atoms with E-state index in [1.54, 1.807) is 43.5 Å². The number of nitrogens with one attached hydrogen (secondary N) is 2. The van der Waals surface area contributed by atoms with Gasteiger partial charge in [0.1, 0.15) is 5.76 Å². The van der Waals surface area contributed by atoms with Crippen LogP contribution in [0.25, 0.3) is 0 Å². The normalized spacial score (nSPS) is 11.7. The summed E-state index contributed by atoms with van der Waals surface area (Å²) >= 11 is 0. The average Bonchev–Trinajstić information content (AvgIpc) is 3.03. The number of hydrogen-bond donors (Lipinski definition) is 3. The van der Waals surface area contributed by atoms with Crippen molar-refractivity contribution >= 4 is 11.8 Å². The molecular weight excluding hydrogens is 282 g/mol. The third kappa shape index (κ3) is 4.46. The quantitative estimate of drug-likeness (QED) is 0.746.